The van der Waals surface area contributed by atoms with Crippen molar-refractivity contribution in [1.29, 1.82) is 0 Å². The lowest BCUT2D eigenvalue weighted by Crippen LogP contribution is -2.44. The fraction of sp³-hybridized carbons (Fsp3) is 0.700. The minimum absolute atomic E-state index is 0.126. The van der Waals surface area contributed by atoms with Gasteiger partial charge in [-0.1, -0.05) is 0 Å². The van der Waals surface area contributed by atoms with E-state index in [9.17, 15) is 0 Å². The van der Waals surface area contributed by atoms with Crippen LogP contribution in [0.1, 0.15) is 19.5 Å². The van der Waals surface area contributed by atoms with E-state index in [2.05, 4.69) is 48.1 Å². The number of nitrogens with zero attached hydrogens (tertiary/aromatic N) is 2. The number of nitrogens with one attached hydrogen (secondary N) is 2. The largest absolute Gasteiger partial charge is 0.354 e. The molecule has 14 heavy (non-hydrogen) atoms. The van der Waals surface area contributed by atoms with Gasteiger partial charge >= 0.3 is 0 Å². The van der Waals surface area contributed by atoms with Crippen LogP contribution in [0.3, 0.4) is 0 Å². The number of aryl methyl sites for hydroxylation is 1. The van der Waals surface area contributed by atoms with E-state index in [1.54, 1.807) is 0 Å². The van der Waals surface area contributed by atoms with E-state index >= 15 is 0 Å². The number of anilines is 1. The number of rotatable bonds is 4. The minimum Gasteiger partial charge on any atom is -0.354 e. The van der Waals surface area contributed by atoms with Gasteiger partial charge < -0.3 is 15.2 Å². The van der Waals surface area contributed by atoms with Gasteiger partial charge in [0.2, 0.25) is 0 Å². The second-order valence-electron chi connectivity index (χ2n) is 4.48. The molecule has 1 aromatic rings. The molecular formula is C10H20N4. The maximum atomic E-state index is 4.19. The fourth-order valence-electron chi connectivity index (χ4n) is 0.961. The molecule has 0 aromatic carbocycles. The van der Waals surface area contributed by atoms with Gasteiger partial charge in [-0.25, -0.2) is 4.98 Å². The second kappa shape index (κ2) is 4.00. The molecule has 0 spiro atoms. The highest BCUT2D eigenvalue weighted by Crippen LogP contribution is 2.10. The molecule has 0 aliphatic heterocycles. The number of aromatic nitrogens is 2. The van der Waals surface area contributed by atoms with E-state index in [-0.39, 0.29) is 5.54 Å². The Hall–Kier alpha value is -1.03. The van der Waals surface area contributed by atoms with Crippen molar-refractivity contribution in [2.45, 2.75) is 26.3 Å². The number of likely N-dealkylation sites (N-methyl/N-ethyl adjacent to an activating group) is 1. The normalized spacial score (nSPS) is 12.1. The van der Waals surface area contributed by atoms with Gasteiger partial charge in [0.05, 0.1) is 0 Å². The number of hydrogen-bond donors (Lipinski definition) is 2. The second-order valence-corrected chi connectivity index (χ2v) is 4.48. The van der Waals surface area contributed by atoms with Crippen LogP contribution in [0.4, 0.5) is 5.95 Å². The molecule has 0 aliphatic rings. The van der Waals surface area contributed by atoms with Crippen LogP contribution in [0, 0.1) is 6.92 Å². The molecule has 1 rings (SSSR count). The minimum atomic E-state index is 0.126. The third-order valence-corrected chi connectivity index (χ3v) is 2.60. The summed E-state index contributed by atoms with van der Waals surface area (Å²) in [5.41, 5.74) is 1.20. The lowest BCUT2D eigenvalue weighted by Gasteiger charge is -2.32. The van der Waals surface area contributed by atoms with Crippen LogP contribution in [-0.4, -0.2) is 41.0 Å². The first-order valence-electron chi connectivity index (χ1n) is 4.85. The number of H-pyrrole nitrogens is 1. The van der Waals surface area contributed by atoms with Crippen LogP contribution < -0.4 is 5.32 Å². The molecule has 0 aliphatic carbocycles. The number of hydrogen-bond acceptors (Lipinski definition) is 3. The Morgan fingerprint density at radius 1 is 1.50 bits per heavy atom. The average molecular weight is 196 g/mol. The Kier molecular flexibility index (Phi) is 3.16. The zero-order valence-corrected chi connectivity index (χ0v) is 9.68. The summed E-state index contributed by atoms with van der Waals surface area (Å²) in [5, 5.41) is 3.28. The van der Waals surface area contributed by atoms with Gasteiger partial charge in [-0.05, 0) is 34.9 Å². The van der Waals surface area contributed by atoms with Gasteiger partial charge in [-0.3, -0.25) is 0 Å². The Morgan fingerprint density at radius 2 is 2.14 bits per heavy atom. The molecular weight excluding hydrogens is 176 g/mol. The van der Waals surface area contributed by atoms with Crippen molar-refractivity contribution in [2.24, 2.45) is 0 Å². The summed E-state index contributed by atoms with van der Waals surface area (Å²) >= 11 is 0. The SMILES string of the molecule is Cc1cnc(NCC(C)(C)N(C)C)[nH]1. The quantitative estimate of drug-likeness (QED) is 0.766. The molecule has 0 bridgehead atoms. The zero-order valence-electron chi connectivity index (χ0n) is 9.68. The Morgan fingerprint density at radius 3 is 2.57 bits per heavy atom. The molecule has 0 atom stereocenters. The van der Waals surface area contributed by atoms with Crippen LogP contribution >= 0.6 is 0 Å². The summed E-state index contributed by atoms with van der Waals surface area (Å²) in [6, 6.07) is 0. The fourth-order valence-corrected chi connectivity index (χ4v) is 0.961. The molecule has 1 aromatic heterocycles. The maximum absolute atomic E-state index is 4.19. The first-order chi connectivity index (χ1) is 6.42. The van der Waals surface area contributed by atoms with Gasteiger partial charge in [0.15, 0.2) is 5.95 Å². The molecule has 80 valence electrons. The molecule has 0 radical (unpaired) electrons. The molecule has 4 heteroatoms. The summed E-state index contributed by atoms with van der Waals surface area (Å²) in [6.45, 7) is 7.24. The van der Waals surface area contributed by atoms with Crippen molar-refractivity contribution in [1.82, 2.24) is 14.9 Å². The Labute approximate surface area is 85.7 Å². The lowest BCUT2D eigenvalue weighted by molar-refractivity contribution is 0.210. The molecule has 0 unspecified atom stereocenters. The van der Waals surface area contributed by atoms with Gasteiger partial charge in [0, 0.05) is 24.0 Å². The molecule has 0 saturated carbocycles. The highest BCUT2D eigenvalue weighted by atomic mass is 15.2. The molecule has 0 amide bonds. The van der Waals surface area contributed by atoms with Gasteiger partial charge in [-0.15, -0.1) is 0 Å². The summed E-state index contributed by atoms with van der Waals surface area (Å²) in [7, 11) is 4.16. The van der Waals surface area contributed by atoms with E-state index in [1.807, 2.05) is 13.1 Å². The summed E-state index contributed by atoms with van der Waals surface area (Å²) in [4.78, 5) is 9.53. The first kappa shape index (κ1) is 11.0. The standard InChI is InChI=1S/C10H20N4/c1-8-6-11-9(13-8)12-7-10(2,3)14(4)5/h6H,7H2,1-5H3,(H2,11,12,13). The van der Waals surface area contributed by atoms with Crippen LogP contribution in [0.2, 0.25) is 0 Å². The molecule has 0 fully saturated rings. The molecule has 4 nitrogen and oxygen atoms in total. The predicted molar refractivity (Wildman–Crippen MR) is 59.6 cm³/mol. The summed E-state index contributed by atoms with van der Waals surface area (Å²) < 4.78 is 0. The van der Waals surface area contributed by atoms with Gasteiger partial charge in [0.1, 0.15) is 0 Å². The highest BCUT2D eigenvalue weighted by molar-refractivity contribution is 5.26. The van der Waals surface area contributed by atoms with E-state index in [1.165, 1.54) is 0 Å². The highest BCUT2D eigenvalue weighted by Gasteiger charge is 2.20. The van der Waals surface area contributed by atoms with E-state index in [0.717, 1.165) is 18.2 Å². The Bertz CT molecular complexity index is 288. The van der Waals surface area contributed by atoms with E-state index in [4.69, 9.17) is 0 Å². The monoisotopic (exact) mass is 196 g/mol. The Balaban J connectivity index is 2.48. The topological polar surface area (TPSA) is 44.0 Å². The molecule has 0 saturated heterocycles. The third-order valence-electron chi connectivity index (χ3n) is 2.60. The van der Waals surface area contributed by atoms with Crippen LogP contribution in [0.5, 0.6) is 0 Å². The number of aromatic amines is 1. The van der Waals surface area contributed by atoms with E-state index < -0.39 is 0 Å². The summed E-state index contributed by atoms with van der Waals surface area (Å²) in [6.07, 6.45) is 1.82. The smallest absolute Gasteiger partial charge is 0.200 e. The van der Waals surface area contributed by atoms with Crippen LogP contribution in [-0.2, 0) is 0 Å². The number of imidazole rings is 1. The van der Waals surface area contributed by atoms with Crippen molar-refractivity contribution in [3.8, 4) is 0 Å². The van der Waals surface area contributed by atoms with Crippen molar-refractivity contribution < 1.29 is 0 Å². The molecule has 2 N–H and O–H groups in total. The average Bonchev–Trinajstić information content (AvgIpc) is 2.48. The zero-order chi connectivity index (χ0) is 10.8. The van der Waals surface area contributed by atoms with Gasteiger partial charge in [-0.2, -0.15) is 0 Å². The summed E-state index contributed by atoms with van der Waals surface area (Å²) in [5.74, 6) is 0.845. The lowest BCUT2D eigenvalue weighted by atomic mass is 10.1. The van der Waals surface area contributed by atoms with Crippen molar-refractivity contribution in [3.63, 3.8) is 0 Å². The van der Waals surface area contributed by atoms with Gasteiger partial charge in [0.25, 0.3) is 0 Å². The third kappa shape index (κ3) is 2.73. The van der Waals surface area contributed by atoms with Crippen LogP contribution in [0.25, 0.3) is 0 Å². The predicted octanol–water partition coefficient (Wildman–Crippen LogP) is 1.47. The maximum Gasteiger partial charge on any atom is 0.200 e. The van der Waals surface area contributed by atoms with Crippen molar-refractivity contribution >= 4 is 5.95 Å². The first-order valence-corrected chi connectivity index (χ1v) is 4.85. The van der Waals surface area contributed by atoms with Crippen LogP contribution in [0.15, 0.2) is 6.20 Å². The van der Waals surface area contributed by atoms with E-state index in [0.29, 0.717) is 0 Å². The molecule has 1 heterocycles. The van der Waals surface area contributed by atoms with Crippen molar-refractivity contribution in [3.05, 3.63) is 11.9 Å². The van der Waals surface area contributed by atoms with Crippen molar-refractivity contribution in [2.75, 3.05) is 26.0 Å².